The Kier molecular flexibility index (Phi) is 10.4. The highest BCUT2D eigenvalue weighted by atomic mass is 35.5. The molecule has 1 atom stereocenters. The van der Waals surface area contributed by atoms with Crippen molar-refractivity contribution in [1.29, 1.82) is 0 Å². The number of carbonyl (C=O) groups excluding carboxylic acids is 2. The average molecular weight is 595 g/mol. The van der Waals surface area contributed by atoms with Crippen molar-refractivity contribution in [2.75, 3.05) is 17.1 Å². The molecule has 11 heteroatoms. The van der Waals surface area contributed by atoms with Crippen LogP contribution in [0, 0.1) is 5.82 Å². The molecule has 0 radical (unpaired) electrons. The minimum Gasteiger partial charge on any atom is -0.352 e. The van der Waals surface area contributed by atoms with Gasteiger partial charge in [0.25, 0.3) is 0 Å². The second-order valence-electron chi connectivity index (χ2n) is 9.36. The zero-order chi connectivity index (χ0) is 28.7. The van der Waals surface area contributed by atoms with Crippen LogP contribution in [0.15, 0.2) is 72.8 Å². The van der Waals surface area contributed by atoms with E-state index in [9.17, 15) is 22.4 Å². The first-order valence-electron chi connectivity index (χ1n) is 12.2. The van der Waals surface area contributed by atoms with Crippen LogP contribution < -0.4 is 9.62 Å². The molecule has 0 spiro atoms. The Morgan fingerprint density at radius 2 is 1.56 bits per heavy atom. The van der Waals surface area contributed by atoms with E-state index in [1.165, 1.54) is 47.4 Å². The van der Waals surface area contributed by atoms with Crippen LogP contribution in [0.3, 0.4) is 0 Å². The van der Waals surface area contributed by atoms with E-state index in [2.05, 4.69) is 5.32 Å². The number of nitrogens with zero attached hydrogens (tertiary/aromatic N) is 2. The van der Waals surface area contributed by atoms with Crippen LogP contribution in [0.1, 0.15) is 25.0 Å². The first-order valence-corrected chi connectivity index (χ1v) is 14.8. The van der Waals surface area contributed by atoms with Gasteiger partial charge in [0.05, 0.1) is 22.0 Å². The number of benzene rings is 3. The maximum absolute atomic E-state index is 14.0. The van der Waals surface area contributed by atoms with Gasteiger partial charge in [0.2, 0.25) is 21.8 Å². The highest BCUT2D eigenvalue weighted by Gasteiger charge is 2.33. The van der Waals surface area contributed by atoms with E-state index in [4.69, 9.17) is 23.2 Å². The summed E-state index contributed by atoms with van der Waals surface area (Å²) in [4.78, 5) is 28.7. The van der Waals surface area contributed by atoms with Gasteiger partial charge in [-0.15, -0.1) is 0 Å². The van der Waals surface area contributed by atoms with E-state index < -0.39 is 40.2 Å². The van der Waals surface area contributed by atoms with Gasteiger partial charge in [-0.05, 0) is 49.2 Å². The van der Waals surface area contributed by atoms with E-state index in [0.717, 1.165) is 16.1 Å². The molecular weight excluding hydrogens is 564 g/mol. The lowest BCUT2D eigenvalue weighted by molar-refractivity contribution is -0.140. The molecule has 0 fully saturated rings. The number of carbonyl (C=O) groups is 2. The molecule has 0 aliphatic rings. The van der Waals surface area contributed by atoms with Crippen molar-refractivity contribution in [3.05, 3.63) is 99.8 Å². The van der Waals surface area contributed by atoms with Crippen LogP contribution >= 0.6 is 23.2 Å². The first-order chi connectivity index (χ1) is 18.4. The maximum atomic E-state index is 14.0. The van der Waals surface area contributed by atoms with E-state index >= 15 is 0 Å². The van der Waals surface area contributed by atoms with Crippen molar-refractivity contribution in [3.8, 4) is 0 Å². The van der Waals surface area contributed by atoms with Gasteiger partial charge in [0.15, 0.2) is 0 Å². The molecule has 0 aliphatic carbocycles. The zero-order valence-corrected chi connectivity index (χ0v) is 24.1. The normalized spacial score (nSPS) is 12.2. The van der Waals surface area contributed by atoms with Gasteiger partial charge in [-0.3, -0.25) is 13.9 Å². The predicted molar refractivity (Wildman–Crippen MR) is 153 cm³/mol. The lowest BCUT2D eigenvalue weighted by Crippen LogP contribution is -2.54. The van der Waals surface area contributed by atoms with Crippen molar-refractivity contribution in [3.63, 3.8) is 0 Å². The van der Waals surface area contributed by atoms with Crippen LogP contribution in [-0.4, -0.2) is 50.0 Å². The number of hydrogen-bond donors (Lipinski definition) is 1. The van der Waals surface area contributed by atoms with Crippen molar-refractivity contribution in [2.45, 2.75) is 38.9 Å². The summed E-state index contributed by atoms with van der Waals surface area (Å²) in [7, 11) is -4.00. The smallest absolute Gasteiger partial charge is 0.244 e. The number of amides is 2. The molecule has 3 aromatic rings. The molecule has 3 aromatic carbocycles. The van der Waals surface area contributed by atoms with E-state index in [1.54, 1.807) is 13.8 Å². The van der Waals surface area contributed by atoms with Crippen LogP contribution in [0.5, 0.6) is 0 Å². The molecule has 0 saturated carbocycles. The molecule has 39 heavy (non-hydrogen) atoms. The highest BCUT2D eigenvalue weighted by Crippen LogP contribution is 2.33. The lowest BCUT2D eigenvalue weighted by Gasteiger charge is -2.34. The third-order valence-electron chi connectivity index (χ3n) is 5.85. The number of hydrogen-bond acceptors (Lipinski definition) is 4. The Balaban J connectivity index is 2.07. The van der Waals surface area contributed by atoms with Gasteiger partial charge < -0.3 is 10.2 Å². The average Bonchev–Trinajstić information content (AvgIpc) is 2.87. The minimum absolute atomic E-state index is 0.0270. The van der Waals surface area contributed by atoms with Crippen LogP contribution in [0.2, 0.25) is 10.0 Å². The number of rotatable bonds is 11. The quantitative estimate of drug-likeness (QED) is 0.336. The maximum Gasteiger partial charge on any atom is 0.244 e. The summed E-state index contributed by atoms with van der Waals surface area (Å²) in [6, 6.07) is 18.0. The molecule has 0 bridgehead atoms. The standard InChI is InChI=1S/C28H30Cl2FN3O4S/c1-19(2)32-28(36)25(16-20-8-5-4-6-9-20)33(17-21-12-14-22(31)15-13-21)26(35)18-34(39(3,37)38)24-11-7-10-23(29)27(24)30/h4-15,19,25H,16-18H2,1-3H3,(H,32,36). The molecule has 0 aliphatic heterocycles. The van der Waals surface area contributed by atoms with Gasteiger partial charge >= 0.3 is 0 Å². The fraction of sp³-hybridized carbons (Fsp3) is 0.286. The topological polar surface area (TPSA) is 86.8 Å². The Bertz CT molecular complexity index is 1400. The molecule has 2 amide bonds. The van der Waals surface area contributed by atoms with E-state index in [0.29, 0.717) is 5.56 Å². The van der Waals surface area contributed by atoms with Gasteiger partial charge in [-0.2, -0.15) is 0 Å². The molecule has 0 saturated heterocycles. The van der Waals surface area contributed by atoms with E-state index in [1.807, 2.05) is 30.3 Å². The summed E-state index contributed by atoms with van der Waals surface area (Å²) < 4.78 is 40.1. The Hall–Kier alpha value is -3.14. The predicted octanol–water partition coefficient (Wildman–Crippen LogP) is 5.06. The molecule has 3 rings (SSSR count). The lowest BCUT2D eigenvalue weighted by atomic mass is 10.0. The molecule has 1 unspecified atom stereocenters. The number of nitrogens with one attached hydrogen (secondary N) is 1. The number of anilines is 1. The molecule has 1 N–H and O–H groups in total. The SMILES string of the molecule is CC(C)NC(=O)C(Cc1ccccc1)N(Cc1ccc(F)cc1)C(=O)CN(c1cccc(Cl)c1Cl)S(C)(=O)=O. The summed E-state index contributed by atoms with van der Waals surface area (Å²) in [5, 5.41) is 2.96. The van der Waals surface area contributed by atoms with E-state index in [-0.39, 0.29) is 34.7 Å². The van der Waals surface area contributed by atoms with Crippen LogP contribution in [0.4, 0.5) is 10.1 Å². The molecule has 208 valence electrons. The minimum atomic E-state index is -4.00. The van der Waals surface area contributed by atoms with Gasteiger partial charge in [0.1, 0.15) is 18.4 Å². The summed E-state index contributed by atoms with van der Waals surface area (Å²) in [6.45, 7) is 2.90. The number of sulfonamides is 1. The van der Waals surface area contributed by atoms with Gasteiger partial charge in [-0.1, -0.05) is 71.7 Å². The summed E-state index contributed by atoms with van der Waals surface area (Å²) in [5.74, 6) is -1.51. The van der Waals surface area contributed by atoms with Crippen molar-refractivity contribution >= 4 is 50.7 Å². The molecule has 0 heterocycles. The Morgan fingerprint density at radius 3 is 2.15 bits per heavy atom. The van der Waals surface area contributed by atoms with Crippen molar-refractivity contribution in [2.24, 2.45) is 0 Å². The first kappa shape index (κ1) is 30.4. The zero-order valence-electron chi connectivity index (χ0n) is 21.8. The highest BCUT2D eigenvalue weighted by molar-refractivity contribution is 7.92. The fourth-order valence-electron chi connectivity index (χ4n) is 4.00. The third-order valence-corrected chi connectivity index (χ3v) is 7.78. The second-order valence-corrected chi connectivity index (χ2v) is 12.1. The summed E-state index contributed by atoms with van der Waals surface area (Å²) >= 11 is 12.4. The third kappa shape index (κ3) is 8.42. The Labute approximate surface area is 238 Å². The molecular formula is C28H30Cl2FN3O4S. The van der Waals surface area contributed by atoms with Gasteiger partial charge in [0, 0.05) is 19.0 Å². The summed E-state index contributed by atoms with van der Waals surface area (Å²) in [6.07, 6.45) is 1.12. The fourth-order valence-corrected chi connectivity index (χ4v) is 5.30. The van der Waals surface area contributed by atoms with Crippen LogP contribution in [-0.2, 0) is 32.6 Å². The second kappa shape index (κ2) is 13.3. The van der Waals surface area contributed by atoms with Crippen molar-refractivity contribution in [1.82, 2.24) is 10.2 Å². The largest absolute Gasteiger partial charge is 0.352 e. The Morgan fingerprint density at radius 1 is 0.923 bits per heavy atom. The van der Waals surface area contributed by atoms with Crippen LogP contribution in [0.25, 0.3) is 0 Å². The monoisotopic (exact) mass is 593 g/mol. The summed E-state index contributed by atoms with van der Waals surface area (Å²) in [5.41, 5.74) is 1.40. The molecule has 7 nitrogen and oxygen atoms in total. The molecule has 0 aromatic heterocycles. The number of halogens is 3. The van der Waals surface area contributed by atoms with Crippen molar-refractivity contribution < 1.29 is 22.4 Å². The van der Waals surface area contributed by atoms with Gasteiger partial charge in [-0.25, -0.2) is 12.8 Å².